The Hall–Kier alpha value is -2.01. The van der Waals surface area contributed by atoms with Gasteiger partial charge in [-0.15, -0.1) is 0 Å². The molecular weight excluding hydrogens is 340 g/mol. The van der Waals surface area contributed by atoms with Gasteiger partial charge in [0.15, 0.2) is 4.98 Å². The van der Waals surface area contributed by atoms with Gasteiger partial charge in [0.05, 0.1) is 0 Å². The standard InChI is InChI=1S/C17H28N2O5Si/c1-9-11(24-25(7,8)16(2,3)4)12(19-18)14(20)23-13-15(21)22-10-17(13,5)6/h9,13H,10H2,1-8H3/p+1/b11-9-,14-12-/t13-/m0/s1. The van der Waals surface area contributed by atoms with Gasteiger partial charge in [-0.2, -0.15) is 0 Å². The Morgan fingerprint density at radius 2 is 2.00 bits per heavy atom. The highest BCUT2D eigenvalue weighted by Crippen LogP contribution is 2.39. The van der Waals surface area contributed by atoms with E-state index in [0.29, 0.717) is 0 Å². The number of cyclic esters (lactones) is 1. The molecule has 0 aliphatic carbocycles. The number of hydrogen-bond acceptors (Lipinski definition) is 6. The minimum atomic E-state index is -2.23. The fourth-order valence-corrected chi connectivity index (χ4v) is 3.04. The summed E-state index contributed by atoms with van der Waals surface area (Å²) in [5, 5.41) is 19.6. The Morgan fingerprint density at radius 3 is 2.36 bits per heavy atom. The fraction of sp³-hybridized carbons (Fsp3) is 0.706. The molecule has 0 radical (unpaired) electrons. The van der Waals surface area contributed by atoms with Gasteiger partial charge >= 0.3 is 17.6 Å². The number of aliphatic hydroxyl groups is 1. The van der Waals surface area contributed by atoms with E-state index in [1.54, 1.807) is 26.8 Å². The predicted molar refractivity (Wildman–Crippen MR) is 96.4 cm³/mol. The van der Waals surface area contributed by atoms with Crippen molar-refractivity contribution in [2.24, 2.45) is 5.41 Å². The zero-order valence-electron chi connectivity index (χ0n) is 16.3. The molecule has 0 bridgehead atoms. The normalized spacial score (nSPS) is 22.0. The highest BCUT2D eigenvalue weighted by molar-refractivity contribution is 6.74. The number of rotatable bonds is 5. The van der Waals surface area contributed by atoms with Crippen molar-refractivity contribution in [3.63, 3.8) is 0 Å². The maximum Gasteiger partial charge on any atom is 0.503 e. The van der Waals surface area contributed by atoms with Crippen molar-refractivity contribution in [2.45, 2.75) is 65.8 Å². The highest BCUT2D eigenvalue weighted by Gasteiger charge is 2.48. The van der Waals surface area contributed by atoms with E-state index in [9.17, 15) is 15.3 Å². The van der Waals surface area contributed by atoms with Gasteiger partial charge in [0.1, 0.15) is 6.61 Å². The molecule has 0 unspecified atom stereocenters. The quantitative estimate of drug-likeness (QED) is 0.253. The Labute approximate surface area is 150 Å². The lowest BCUT2D eigenvalue weighted by Gasteiger charge is -2.36. The molecule has 1 N–H and O–H groups in total. The third kappa shape index (κ3) is 4.54. The van der Waals surface area contributed by atoms with Crippen LogP contribution in [0.15, 0.2) is 23.5 Å². The summed E-state index contributed by atoms with van der Waals surface area (Å²) in [5.41, 5.74) is -0.857. The van der Waals surface area contributed by atoms with Gasteiger partial charge in [-0.05, 0) is 31.1 Å². The minimum absolute atomic E-state index is 0.0877. The van der Waals surface area contributed by atoms with E-state index in [4.69, 9.17) is 13.9 Å². The number of allylic oxidation sites excluding steroid dienone is 1. The zero-order valence-corrected chi connectivity index (χ0v) is 17.3. The van der Waals surface area contributed by atoms with E-state index in [1.165, 1.54) is 0 Å². The average molecular weight is 370 g/mol. The van der Waals surface area contributed by atoms with Crippen molar-refractivity contribution in [1.29, 1.82) is 5.39 Å². The summed E-state index contributed by atoms with van der Waals surface area (Å²) in [6.45, 7) is 15.7. The van der Waals surface area contributed by atoms with Crippen LogP contribution in [0.25, 0.3) is 4.98 Å². The van der Waals surface area contributed by atoms with E-state index in [1.807, 2.05) is 13.1 Å². The molecule has 1 aliphatic rings. The second-order valence-electron chi connectivity index (χ2n) is 8.36. The van der Waals surface area contributed by atoms with Crippen LogP contribution in [0.2, 0.25) is 18.1 Å². The third-order valence-electron chi connectivity index (χ3n) is 4.71. The van der Waals surface area contributed by atoms with Crippen LogP contribution in [-0.4, -0.2) is 32.1 Å². The van der Waals surface area contributed by atoms with Crippen LogP contribution in [0.5, 0.6) is 0 Å². The minimum Gasteiger partial charge on any atom is -0.538 e. The number of carbonyl (C=O) groups is 1. The Morgan fingerprint density at radius 1 is 1.44 bits per heavy atom. The van der Waals surface area contributed by atoms with Gasteiger partial charge in [-0.3, -0.25) is 0 Å². The number of nitrogens with zero attached hydrogens (tertiary/aromatic N) is 2. The first kappa shape index (κ1) is 21.0. The average Bonchev–Trinajstić information content (AvgIpc) is 2.72. The van der Waals surface area contributed by atoms with E-state index in [0.717, 1.165) is 0 Å². The van der Waals surface area contributed by atoms with Crippen molar-refractivity contribution in [3.05, 3.63) is 28.5 Å². The van der Waals surface area contributed by atoms with Crippen LogP contribution in [0.4, 0.5) is 0 Å². The van der Waals surface area contributed by atoms with E-state index < -0.39 is 31.8 Å². The molecule has 0 aromatic carbocycles. The lowest BCUT2D eigenvalue weighted by molar-refractivity contribution is -0.148. The summed E-state index contributed by atoms with van der Waals surface area (Å²) >= 11 is 0. The van der Waals surface area contributed by atoms with Crippen molar-refractivity contribution in [2.75, 3.05) is 6.61 Å². The second kappa shape index (κ2) is 7.08. The molecule has 0 aromatic heterocycles. The van der Waals surface area contributed by atoms with Gasteiger partial charge in [0, 0.05) is 5.41 Å². The molecule has 0 amide bonds. The zero-order chi connectivity index (χ0) is 19.6. The Kier molecular flexibility index (Phi) is 5.95. The SMILES string of the molecule is C/C=C(O[Si](C)(C)C(C)(C)C)/C([N+]#N)=C(\O)O[C@H]1C(=O)OCC1(C)C. The molecular formula is C17H29N2O5Si+. The molecule has 0 saturated carbocycles. The van der Waals surface area contributed by atoms with Crippen LogP contribution in [0.3, 0.4) is 0 Å². The fourth-order valence-electron chi connectivity index (χ4n) is 1.97. The van der Waals surface area contributed by atoms with Crippen molar-refractivity contribution >= 4 is 14.3 Å². The molecule has 1 saturated heterocycles. The molecule has 140 valence electrons. The van der Waals surface area contributed by atoms with Crippen LogP contribution in [0.1, 0.15) is 41.5 Å². The van der Waals surface area contributed by atoms with Gasteiger partial charge in [0.2, 0.25) is 17.3 Å². The summed E-state index contributed by atoms with van der Waals surface area (Å²) in [6, 6.07) is 0. The lowest BCUT2D eigenvalue weighted by atomic mass is 9.90. The number of esters is 1. The third-order valence-corrected chi connectivity index (χ3v) is 9.05. The molecule has 0 aromatic rings. The molecule has 1 aliphatic heterocycles. The Bertz CT molecular complexity index is 638. The van der Waals surface area contributed by atoms with Gasteiger partial charge < -0.3 is 19.0 Å². The molecule has 1 fully saturated rings. The van der Waals surface area contributed by atoms with Crippen molar-refractivity contribution in [3.8, 4) is 0 Å². The van der Waals surface area contributed by atoms with E-state index >= 15 is 0 Å². The van der Waals surface area contributed by atoms with Crippen molar-refractivity contribution < 1.29 is 23.8 Å². The summed E-state index contributed by atoms with van der Waals surface area (Å²) in [4.78, 5) is 14.9. The molecule has 7 nitrogen and oxygen atoms in total. The smallest absolute Gasteiger partial charge is 0.503 e. The second-order valence-corrected chi connectivity index (χ2v) is 13.1. The first-order valence-electron chi connectivity index (χ1n) is 8.24. The molecule has 1 heterocycles. The summed E-state index contributed by atoms with van der Waals surface area (Å²) in [6.07, 6.45) is 0.600. The molecule has 1 atom stereocenters. The Balaban J connectivity index is 3.15. The van der Waals surface area contributed by atoms with E-state index in [2.05, 4.69) is 25.7 Å². The summed E-state index contributed by atoms with van der Waals surface area (Å²) in [7, 11) is -2.23. The predicted octanol–water partition coefficient (Wildman–Crippen LogP) is 4.46. The summed E-state index contributed by atoms with van der Waals surface area (Å²) in [5.74, 6) is -1.04. The molecule has 8 heteroatoms. The number of hydrogen-bond donors (Lipinski definition) is 1. The van der Waals surface area contributed by atoms with E-state index in [-0.39, 0.29) is 23.1 Å². The largest absolute Gasteiger partial charge is 0.538 e. The van der Waals surface area contributed by atoms with Crippen LogP contribution in [-0.2, 0) is 18.7 Å². The van der Waals surface area contributed by atoms with Gasteiger partial charge in [0.25, 0.3) is 8.32 Å². The molecule has 25 heavy (non-hydrogen) atoms. The number of diazo groups is 1. The van der Waals surface area contributed by atoms with Crippen LogP contribution in [0, 0.1) is 10.8 Å². The summed E-state index contributed by atoms with van der Waals surface area (Å²) < 4.78 is 16.5. The van der Waals surface area contributed by atoms with Gasteiger partial charge in [-0.1, -0.05) is 34.6 Å². The monoisotopic (exact) mass is 369 g/mol. The maximum absolute atomic E-state index is 11.8. The first-order chi connectivity index (χ1) is 11.3. The first-order valence-corrected chi connectivity index (χ1v) is 11.1. The van der Waals surface area contributed by atoms with Crippen LogP contribution < -0.4 is 0 Å². The maximum atomic E-state index is 11.8. The molecule has 1 rings (SSSR count). The highest BCUT2D eigenvalue weighted by atomic mass is 28.4. The van der Waals surface area contributed by atoms with Crippen molar-refractivity contribution in [1.82, 2.24) is 0 Å². The number of ether oxygens (including phenoxy) is 2. The number of aliphatic hydroxyl groups excluding tert-OH is 1. The number of carbonyl (C=O) groups excluding carboxylic acids is 1. The molecule has 0 spiro atoms. The topological polar surface area (TPSA) is 93.1 Å². The lowest BCUT2D eigenvalue weighted by Crippen LogP contribution is -2.40. The van der Waals surface area contributed by atoms with Gasteiger partial charge in [-0.25, -0.2) is 4.79 Å². The van der Waals surface area contributed by atoms with Crippen LogP contribution >= 0.6 is 0 Å².